The number of rotatable bonds is 1. The molecule has 0 atom stereocenters. The third-order valence-electron chi connectivity index (χ3n) is 1.90. The zero-order valence-electron chi connectivity index (χ0n) is 7.90. The molecule has 0 radical (unpaired) electrons. The Hall–Kier alpha value is -2.34. The summed E-state index contributed by atoms with van der Waals surface area (Å²) in [5, 5.41) is 6.47. The predicted molar refractivity (Wildman–Crippen MR) is 56.4 cm³/mol. The summed E-state index contributed by atoms with van der Waals surface area (Å²) in [4.78, 5) is 10.4. The van der Waals surface area contributed by atoms with Crippen LogP contribution in [0.25, 0.3) is 0 Å². The predicted octanol–water partition coefficient (Wildman–Crippen LogP) is 1.62. The molecule has 2 rings (SSSR count). The Kier molecular flexibility index (Phi) is 2.61. The van der Waals surface area contributed by atoms with E-state index in [1.54, 1.807) is 24.5 Å². The van der Waals surface area contributed by atoms with Crippen LogP contribution in [-0.2, 0) is 0 Å². The van der Waals surface area contributed by atoms with E-state index in [1.807, 2.05) is 12.1 Å². The van der Waals surface area contributed by atoms with Crippen LogP contribution in [0.2, 0.25) is 0 Å². The van der Waals surface area contributed by atoms with Crippen LogP contribution >= 0.6 is 0 Å². The highest BCUT2D eigenvalue weighted by Gasteiger charge is 1.89. The maximum Gasteiger partial charge on any atom is 0.150 e. The van der Waals surface area contributed by atoms with Gasteiger partial charge in [0.2, 0.25) is 0 Å². The van der Waals surface area contributed by atoms with Crippen LogP contribution in [0.3, 0.4) is 0 Å². The first-order chi connectivity index (χ1) is 7.38. The number of aromatic amines is 1. The van der Waals surface area contributed by atoms with Crippen LogP contribution in [0.5, 0.6) is 0 Å². The first-order valence-electron chi connectivity index (χ1n) is 4.44. The average Bonchev–Trinajstić information content (AvgIpc) is 2.80. The van der Waals surface area contributed by atoms with Crippen LogP contribution in [0, 0.1) is 11.8 Å². The molecular formula is C12H8N2O. The summed E-state index contributed by atoms with van der Waals surface area (Å²) in [6, 6.07) is 7.12. The molecule has 0 saturated heterocycles. The lowest BCUT2D eigenvalue weighted by molar-refractivity contribution is 0.112. The maximum absolute atomic E-state index is 10.4. The number of benzene rings is 1. The highest BCUT2D eigenvalue weighted by Crippen LogP contribution is 2.01. The van der Waals surface area contributed by atoms with Crippen molar-refractivity contribution in [2.75, 3.05) is 0 Å². The SMILES string of the molecule is O=Cc1ccc(C#Cc2cn[nH]c2)cc1. The van der Waals surface area contributed by atoms with Crippen molar-refractivity contribution in [3.05, 3.63) is 53.3 Å². The van der Waals surface area contributed by atoms with Crippen molar-refractivity contribution in [1.82, 2.24) is 10.2 Å². The number of hydrogen-bond donors (Lipinski definition) is 1. The summed E-state index contributed by atoms with van der Waals surface area (Å²) in [6.07, 6.45) is 4.20. The Morgan fingerprint density at radius 1 is 1.13 bits per heavy atom. The van der Waals surface area contributed by atoms with Gasteiger partial charge in [-0.15, -0.1) is 0 Å². The van der Waals surface area contributed by atoms with Crippen molar-refractivity contribution < 1.29 is 4.79 Å². The molecule has 72 valence electrons. The summed E-state index contributed by atoms with van der Waals surface area (Å²) in [7, 11) is 0. The van der Waals surface area contributed by atoms with E-state index in [0.29, 0.717) is 5.56 Å². The average molecular weight is 196 g/mol. The van der Waals surface area contributed by atoms with E-state index in [2.05, 4.69) is 22.0 Å². The fourth-order valence-electron chi connectivity index (χ4n) is 1.11. The standard InChI is InChI=1S/C12H8N2O/c15-9-11-4-1-10(2-5-11)3-6-12-7-13-14-8-12/h1-2,4-5,7-9H,(H,13,14). The van der Waals surface area contributed by atoms with Gasteiger partial charge in [0.15, 0.2) is 0 Å². The van der Waals surface area contributed by atoms with Crippen LogP contribution in [0.15, 0.2) is 36.7 Å². The molecule has 0 spiro atoms. The number of aldehydes is 1. The minimum Gasteiger partial charge on any atom is -0.298 e. The van der Waals surface area contributed by atoms with Crippen LogP contribution in [-0.4, -0.2) is 16.5 Å². The molecule has 3 nitrogen and oxygen atoms in total. The van der Waals surface area contributed by atoms with E-state index < -0.39 is 0 Å². The van der Waals surface area contributed by atoms with Gasteiger partial charge in [0.25, 0.3) is 0 Å². The molecule has 0 fully saturated rings. The van der Waals surface area contributed by atoms with Gasteiger partial charge in [-0.05, 0) is 12.1 Å². The van der Waals surface area contributed by atoms with Crippen LogP contribution in [0.4, 0.5) is 0 Å². The number of carbonyl (C=O) groups is 1. The maximum atomic E-state index is 10.4. The van der Waals surface area contributed by atoms with Crippen molar-refractivity contribution in [2.45, 2.75) is 0 Å². The van der Waals surface area contributed by atoms with Gasteiger partial charge in [-0.25, -0.2) is 0 Å². The first kappa shape index (κ1) is 9.22. The number of nitrogens with one attached hydrogen (secondary N) is 1. The molecule has 0 aliphatic heterocycles. The zero-order valence-corrected chi connectivity index (χ0v) is 7.90. The molecule has 0 saturated carbocycles. The van der Waals surface area contributed by atoms with Gasteiger partial charge in [0, 0.05) is 17.3 Å². The fourth-order valence-corrected chi connectivity index (χ4v) is 1.11. The molecular weight excluding hydrogens is 188 g/mol. The second kappa shape index (κ2) is 4.25. The van der Waals surface area contributed by atoms with Crippen molar-refractivity contribution in [1.29, 1.82) is 0 Å². The molecule has 1 heterocycles. The van der Waals surface area contributed by atoms with Gasteiger partial charge in [-0.2, -0.15) is 5.10 Å². The van der Waals surface area contributed by atoms with Crippen molar-refractivity contribution in [2.24, 2.45) is 0 Å². The first-order valence-corrected chi connectivity index (χ1v) is 4.44. The van der Waals surface area contributed by atoms with Gasteiger partial charge in [0.1, 0.15) is 6.29 Å². The minimum absolute atomic E-state index is 0.656. The van der Waals surface area contributed by atoms with Gasteiger partial charge in [-0.3, -0.25) is 9.89 Å². The van der Waals surface area contributed by atoms with E-state index in [4.69, 9.17) is 0 Å². The highest BCUT2D eigenvalue weighted by atomic mass is 16.1. The van der Waals surface area contributed by atoms with Gasteiger partial charge in [0.05, 0.1) is 11.8 Å². The summed E-state index contributed by atoms with van der Waals surface area (Å²) in [5.41, 5.74) is 2.38. The zero-order chi connectivity index (χ0) is 10.5. The lowest BCUT2D eigenvalue weighted by atomic mass is 10.1. The molecule has 0 amide bonds. The molecule has 0 unspecified atom stereocenters. The summed E-state index contributed by atoms with van der Waals surface area (Å²) in [6.45, 7) is 0. The van der Waals surface area contributed by atoms with E-state index in [1.165, 1.54) is 0 Å². The number of H-pyrrole nitrogens is 1. The van der Waals surface area contributed by atoms with E-state index >= 15 is 0 Å². The molecule has 1 aromatic heterocycles. The van der Waals surface area contributed by atoms with Crippen molar-refractivity contribution in [3.8, 4) is 11.8 Å². The Balaban J connectivity index is 2.21. The molecule has 15 heavy (non-hydrogen) atoms. The number of carbonyl (C=O) groups excluding carboxylic acids is 1. The third kappa shape index (κ3) is 2.32. The fraction of sp³-hybridized carbons (Fsp3) is 0. The lowest BCUT2D eigenvalue weighted by Gasteiger charge is -1.90. The van der Waals surface area contributed by atoms with Crippen molar-refractivity contribution in [3.63, 3.8) is 0 Å². The van der Waals surface area contributed by atoms with Gasteiger partial charge in [-0.1, -0.05) is 24.0 Å². The smallest absolute Gasteiger partial charge is 0.150 e. The van der Waals surface area contributed by atoms with E-state index in [9.17, 15) is 4.79 Å². The molecule has 1 N–H and O–H groups in total. The quantitative estimate of drug-likeness (QED) is 0.556. The van der Waals surface area contributed by atoms with Gasteiger partial charge >= 0.3 is 0 Å². The number of hydrogen-bond acceptors (Lipinski definition) is 2. The minimum atomic E-state index is 0.656. The molecule has 3 heteroatoms. The van der Waals surface area contributed by atoms with Gasteiger partial charge < -0.3 is 0 Å². The largest absolute Gasteiger partial charge is 0.298 e. The molecule has 2 aromatic rings. The second-order valence-corrected chi connectivity index (χ2v) is 2.98. The van der Waals surface area contributed by atoms with E-state index in [0.717, 1.165) is 17.4 Å². The molecule has 0 aliphatic rings. The van der Waals surface area contributed by atoms with Crippen molar-refractivity contribution >= 4 is 6.29 Å². The number of nitrogens with zero attached hydrogens (tertiary/aromatic N) is 1. The summed E-state index contributed by atoms with van der Waals surface area (Å²) < 4.78 is 0. The van der Waals surface area contributed by atoms with Crippen LogP contribution in [0.1, 0.15) is 21.5 Å². The Morgan fingerprint density at radius 3 is 2.47 bits per heavy atom. The third-order valence-corrected chi connectivity index (χ3v) is 1.90. The molecule has 1 aromatic carbocycles. The molecule has 0 bridgehead atoms. The monoisotopic (exact) mass is 196 g/mol. The Morgan fingerprint density at radius 2 is 1.87 bits per heavy atom. The Labute approximate surface area is 87.1 Å². The number of aromatic nitrogens is 2. The summed E-state index contributed by atoms with van der Waals surface area (Å²) >= 11 is 0. The van der Waals surface area contributed by atoms with Crippen LogP contribution < -0.4 is 0 Å². The normalized spacial score (nSPS) is 9.07. The molecule has 0 aliphatic carbocycles. The van der Waals surface area contributed by atoms with E-state index in [-0.39, 0.29) is 0 Å². The topological polar surface area (TPSA) is 45.8 Å². The second-order valence-electron chi connectivity index (χ2n) is 2.98. The highest BCUT2D eigenvalue weighted by molar-refractivity contribution is 5.74. The Bertz CT molecular complexity index is 501. The lowest BCUT2D eigenvalue weighted by Crippen LogP contribution is -1.79. The summed E-state index contributed by atoms with van der Waals surface area (Å²) in [5.74, 6) is 5.92.